The SMILES string of the molecule is CCCCSc1nc2n(n1)[C@@H](c1cccnc1)C(C(N)=O)=C(C)N2. The molecule has 3 rings (SSSR count). The van der Waals surface area contributed by atoms with E-state index in [0.717, 1.165) is 24.2 Å². The van der Waals surface area contributed by atoms with Crippen molar-refractivity contribution in [2.75, 3.05) is 11.1 Å². The summed E-state index contributed by atoms with van der Waals surface area (Å²) < 4.78 is 1.72. The van der Waals surface area contributed by atoms with Gasteiger partial charge in [0.05, 0.1) is 5.57 Å². The first-order valence-corrected chi connectivity index (χ1v) is 8.87. The van der Waals surface area contributed by atoms with Crippen molar-refractivity contribution in [3.05, 3.63) is 41.4 Å². The Morgan fingerprint density at radius 2 is 2.33 bits per heavy atom. The monoisotopic (exact) mass is 344 g/mol. The maximum absolute atomic E-state index is 12.0. The Kier molecular flexibility index (Phi) is 4.84. The molecule has 1 aliphatic rings. The molecular weight excluding hydrogens is 324 g/mol. The van der Waals surface area contributed by atoms with Crippen LogP contribution in [0.5, 0.6) is 0 Å². The minimum absolute atomic E-state index is 0.416. The van der Waals surface area contributed by atoms with E-state index in [9.17, 15) is 4.79 Å². The molecule has 0 aromatic carbocycles. The van der Waals surface area contributed by atoms with Gasteiger partial charge in [0.1, 0.15) is 6.04 Å². The number of pyridine rings is 1. The van der Waals surface area contributed by atoms with Gasteiger partial charge in [-0.05, 0) is 25.0 Å². The average molecular weight is 344 g/mol. The summed E-state index contributed by atoms with van der Waals surface area (Å²) >= 11 is 1.61. The number of primary amides is 1. The first-order valence-electron chi connectivity index (χ1n) is 7.88. The molecule has 3 N–H and O–H groups in total. The molecular formula is C16H20N6OS. The molecule has 1 amide bonds. The van der Waals surface area contributed by atoms with Gasteiger partial charge in [0.15, 0.2) is 0 Å². The number of nitrogens with two attached hydrogens (primary N) is 1. The van der Waals surface area contributed by atoms with Crippen LogP contribution in [0.4, 0.5) is 5.95 Å². The molecule has 0 bridgehead atoms. The molecule has 24 heavy (non-hydrogen) atoms. The van der Waals surface area contributed by atoms with Gasteiger partial charge in [-0.15, -0.1) is 5.10 Å². The largest absolute Gasteiger partial charge is 0.366 e. The van der Waals surface area contributed by atoms with E-state index in [0.29, 0.717) is 22.4 Å². The smallest absolute Gasteiger partial charge is 0.248 e. The Hall–Kier alpha value is -2.35. The minimum atomic E-state index is -0.477. The number of fused-ring (bicyclic) bond motifs is 1. The fourth-order valence-electron chi connectivity index (χ4n) is 2.67. The summed E-state index contributed by atoms with van der Waals surface area (Å²) in [6.45, 7) is 3.98. The summed E-state index contributed by atoms with van der Waals surface area (Å²) in [6, 6.07) is 3.33. The van der Waals surface area contributed by atoms with Crippen molar-refractivity contribution >= 4 is 23.6 Å². The fourth-order valence-corrected chi connectivity index (χ4v) is 3.58. The van der Waals surface area contributed by atoms with Gasteiger partial charge in [0, 0.05) is 23.8 Å². The van der Waals surface area contributed by atoms with Crippen LogP contribution >= 0.6 is 11.8 Å². The Labute approximate surface area is 144 Å². The lowest BCUT2D eigenvalue weighted by atomic mass is 9.97. The molecule has 0 saturated carbocycles. The molecule has 7 nitrogen and oxygen atoms in total. The number of carbonyl (C=O) groups is 1. The number of nitrogens with zero attached hydrogens (tertiary/aromatic N) is 4. The van der Waals surface area contributed by atoms with E-state index in [1.807, 2.05) is 19.1 Å². The van der Waals surface area contributed by atoms with Crippen LogP contribution in [0.3, 0.4) is 0 Å². The molecule has 0 unspecified atom stereocenters. The molecule has 8 heteroatoms. The molecule has 2 aromatic rings. The normalized spacial score (nSPS) is 16.7. The lowest BCUT2D eigenvalue weighted by Gasteiger charge is -2.27. The van der Waals surface area contributed by atoms with Gasteiger partial charge in [-0.25, -0.2) is 4.68 Å². The number of carbonyl (C=O) groups excluding carboxylic acids is 1. The van der Waals surface area contributed by atoms with Crippen LogP contribution in [-0.2, 0) is 4.79 Å². The second kappa shape index (κ2) is 7.04. The first-order chi connectivity index (χ1) is 11.6. The van der Waals surface area contributed by atoms with E-state index in [1.54, 1.807) is 28.8 Å². The van der Waals surface area contributed by atoms with Crippen molar-refractivity contribution in [3.63, 3.8) is 0 Å². The van der Waals surface area contributed by atoms with Crippen LogP contribution in [-0.4, -0.2) is 31.4 Å². The lowest BCUT2D eigenvalue weighted by Crippen LogP contribution is -2.31. The van der Waals surface area contributed by atoms with Crippen LogP contribution in [0.15, 0.2) is 41.0 Å². The number of rotatable bonds is 6. The van der Waals surface area contributed by atoms with E-state index < -0.39 is 11.9 Å². The number of hydrogen-bond acceptors (Lipinski definition) is 6. The molecule has 126 valence electrons. The second-order valence-corrected chi connectivity index (χ2v) is 6.64. The lowest BCUT2D eigenvalue weighted by molar-refractivity contribution is -0.115. The number of nitrogens with one attached hydrogen (secondary N) is 1. The van der Waals surface area contributed by atoms with Gasteiger partial charge < -0.3 is 11.1 Å². The van der Waals surface area contributed by atoms with E-state index in [2.05, 4.69) is 27.3 Å². The van der Waals surface area contributed by atoms with Crippen LogP contribution in [0.25, 0.3) is 0 Å². The third kappa shape index (κ3) is 3.14. The van der Waals surface area contributed by atoms with Crippen LogP contribution in [0.2, 0.25) is 0 Å². The van der Waals surface area contributed by atoms with Crippen LogP contribution < -0.4 is 11.1 Å². The van der Waals surface area contributed by atoms with E-state index >= 15 is 0 Å². The summed E-state index contributed by atoms with van der Waals surface area (Å²) in [7, 11) is 0. The number of thioether (sulfide) groups is 1. The predicted octanol–water partition coefficient (Wildman–Crippen LogP) is 2.34. The summed E-state index contributed by atoms with van der Waals surface area (Å²) in [5.74, 6) is 1.10. The van der Waals surface area contributed by atoms with Crippen molar-refractivity contribution in [2.45, 2.75) is 37.9 Å². The minimum Gasteiger partial charge on any atom is -0.366 e. The van der Waals surface area contributed by atoms with Gasteiger partial charge >= 0.3 is 0 Å². The Balaban J connectivity index is 2.02. The summed E-state index contributed by atoms with van der Waals surface area (Å²) in [6.07, 6.45) is 5.66. The molecule has 0 spiro atoms. The van der Waals surface area contributed by atoms with Crippen molar-refractivity contribution in [2.24, 2.45) is 5.73 Å². The van der Waals surface area contributed by atoms with Crippen LogP contribution in [0, 0.1) is 0 Å². The van der Waals surface area contributed by atoms with E-state index in [4.69, 9.17) is 5.73 Å². The average Bonchev–Trinajstić information content (AvgIpc) is 2.96. The quantitative estimate of drug-likeness (QED) is 0.616. The maximum Gasteiger partial charge on any atom is 0.248 e. The highest BCUT2D eigenvalue weighted by Crippen LogP contribution is 2.35. The van der Waals surface area contributed by atoms with Crippen molar-refractivity contribution < 1.29 is 4.79 Å². The molecule has 2 aromatic heterocycles. The molecule has 1 aliphatic heterocycles. The highest BCUT2D eigenvalue weighted by molar-refractivity contribution is 7.99. The van der Waals surface area contributed by atoms with Gasteiger partial charge in [0.25, 0.3) is 0 Å². The second-order valence-electron chi connectivity index (χ2n) is 5.58. The highest BCUT2D eigenvalue weighted by Gasteiger charge is 2.33. The topological polar surface area (TPSA) is 98.7 Å². The predicted molar refractivity (Wildman–Crippen MR) is 93.5 cm³/mol. The third-order valence-corrected chi connectivity index (χ3v) is 4.75. The zero-order chi connectivity index (χ0) is 17.1. The number of aromatic nitrogens is 4. The zero-order valence-corrected chi connectivity index (χ0v) is 14.5. The summed E-state index contributed by atoms with van der Waals surface area (Å²) in [5.41, 5.74) is 7.65. The van der Waals surface area contributed by atoms with Crippen molar-refractivity contribution in [1.29, 1.82) is 0 Å². The van der Waals surface area contributed by atoms with Crippen molar-refractivity contribution in [1.82, 2.24) is 19.7 Å². The van der Waals surface area contributed by atoms with E-state index in [-0.39, 0.29) is 0 Å². The Morgan fingerprint density at radius 3 is 3.00 bits per heavy atom. The zero-order valence-electron chi connectivity index (χ0n) is 13.7. The summed E-state index contributed by atoms with van der Waals surface area (Å²) in [4.78, 5) is 20.7. The number of unbranched alkanes of at least 4 members (excludes halogenated alkanes) is 1. The molecule has 0 radical (unpaired) electrons. The Bertz CT molecular complexity index is 770. The standard InChI is InChI=1S/C16H20N6OS/c1-3-4-8-24-16-20-15-19-10(2)12(14(17)23)13(22(15)21-16)11-6-5-7-18-9-11/h5-7,9,13H,3-4,8H2,1-2H3,(H2,17,23)(H,19,20,21)/t13-/m0/s1. The summed E-state index contributed by atoms with van der Waals surface area (Å²) in [5, 5.41) is 8.41. The number of hydrogen-bond donors (Lipinski definition) is 2. The number of amides is 1. The fraction of sp³-hybridized carbons (Fsp3) is 0.375. The van der Waals surface area contributed by atoms with E-state index in [1.165, 1.54) is 0 Å². The molecule has 3 heterocycles. The van der Waals surface area contributed by atoms with Crippen LogP contribution in [0.1, 0.15) is 38.3 Å². The maximum atomic E-state index is 12.0. The highest BCUT2D eigenvalue weighted by atomic mass is 32.2. The molecule has 0 aliphatic carbocycles. The molecule has 1 atom stereocenters. The van der Waals surface area contributed by atoms with Gasteiger partial charge in [-0.1, -0.05) is 31.2 Å². The molecule has 0 saturated heterocycles. The third-order valence-electron chi connectivity index (χ3n) is 3.83. The first kappa shape index (κ1) is 16.5. The van der Waals surface area contributed by atoms with Gasteiger partial charge in [-0.3, -0.25) is 9.78 Å². The number of anilines is 1. The Morgan fingerprint density at radius 1 is 1.50 bits per heavy atom. The van der Waals surface area contributed by atoms with Crippen molar-refractivity contribution in [3.8, 4) is 0 Å². The molecule has 0 fully saturated rings. The van der Waals surface area contributed by atoms with Gasteiger partial charge in [-0.2, -0.15) is 4.98 Å². The van der Waals surface area contributed by atoms with Gasteiger partial charge in [0.2, 0.25) is 17.0 Å². The number of allylic oxidation sites excluding steroid dienone is 1.